The summed E-state index contributed by atoms with van der Waals surface area (Å²) in [5.74, 6) is 0. The molecule has 0 unspecified atom stereocenters. The summed E-state index contributed by atoms with van der Waals surface area (Å²) in [5.41, 5.74) is 1.08. The molecule has 20 heavy (non-hydrogen) atoms. The molecule has 0 amide bonds. The highest BCUT2D eigenvalue weighted by atomic mass is 35.5. The predicted molar refractivity (Wildman–Crippen MR) is 82.1 cm³/mol. The molecule has 2 N–H and O–H groups in total. The number of aliphatic hydroxyl groups is 1. The van der Waals surface area contributed by atoms with Crippen LogP contribution in [0.5, 0.6) is 0 Å². The highest BCUT2D eigenvalue weighted by molar-refractivity contribution is 7.89. The maximum absolute atomic E-state index is 12.3. The van der Waals surface area contributed by atoms with E-state index >= 15 is 0 Å². The molecule has 1 rings (SSSR count). The van der Waals surface area contributed by atoms with Crippen LogP contribution in [0, 0.1) is 13.8 Å². The van der Waals surface area contributed by atoms with Crippen LogP contribution in [0.3, 0.4) is 0 Å². The van der Waals surface area contributed by atoms with Crippen molar-refractivity contribution in [1.29, 1.82) is 0 Å². The quantitative estimate of drug-likeness (QED) is 0.750. The Kier molecular flexibility index (Phi) is 6.75. The summed E-state index contributed by atoms with van der Waals surface area (Å²) >= 11 is 12.1. The fourth-order valence-corrected chi connectivity index (χ4v) is 4.11. The Morgan fingerprint density at radius 1 is 1.20 bits per heavy atom. The Morgan fingerprint density at radius 3 is 2.45 bits per heavy atom. The van der Waals surface area contributed by atoms with E-state index < -0.39 is 10.0 Å². The summed E-state index contributed by atoms with van der Waals surface area (Å²) < 4.78 is 27.1. The van der Waals surface area contributed by atoms with Gasteiger partial charge in [0.1, 0.15) is 4.90 Å². The molecule has 0 aliphatic carbocycles. The monoisotopic (exact) mass is 339 g/mol. The predicted octanol–water partition coefficient (Wildman–Crippen LogP) is 3.05. The first-order valence-corrected chi connectivity index (χ1v) is 8.61. The third kappa shape index (κ3) is 4.33. The lowest BCUT2D eigenvalue weighted by Crippen LogP contribution is -2.26. The zero-order valence-electron chi connectivity index (χ0n) is 11.5. The lowest BCUT2D eigenvalue weighted by molar-refractivity contribution is 0.283. The van der Waals surface area contributed by atoms with Crippen molar-refractivity contribution in [2.75, 3.05) is 13.2 Å². The van der Waals surface area contributed by atoms with Gasteiger partial charge in [0, 0.05) is 18.2 Å². The Morgan fingerprint density at radius 2 is 1.85 bits per heavy atom. The van der Waals surface area contributed by atoms with Gasteiger partial charge in [-0.1, -0.05) is 23.2 Å². The van der Waals surface area contributed by atoms with Crippen LogP contribution in [0.15, 0.2) is 11.0 Å². The molecule has 0 saturated carbocycles. The van der Waals surface area contributed by atoms with E-state index in [4.69, 9.17) is 28.3 Å². The van der Waals surface area contributed by atoms with Gasteiger partial charge in [0.2, 0.25) is 10.0 Å². The lowest BCUT2D eigenvalue weighted by atomic mass is 10.2. The van der Waals surface area contributed by atoms with E-state index in [2.05, 4.69) is 4.72 Å². The number of nitrogens with one attached hydrogen (secondary N) is 1. The summed E-state index contributed by atoms with van der Waals surface area (Å²) in [6.07, 6.45) is 2.09. The highest BCUT2D eigenvalue weighted by Gasteiger charge is 2.23. The number of benzene rings is 1. The van der Waals surface area contributed by atoms with Gasteiger partial charge in [-0.15, -0.1) is 0 Å². The highest BCUT2D eigenvalue weighted by Crippen LogP contribution is 2.33. The third-order valence-electron chi connectivity index (χ3n) is 2.98. The zero-order valence-corrected chi connectivity index (χ0v) is 13.9. The minimum atomic E-state index is -3.68. The molecule has 1 aromatic carbocycles. The van der Waals surface area contributed by atoms with Crippen molar-refractivity contribution >= 4 is 33.2 Å². The molecule has 0 bridgehead atoms. The van der Waals surface area contributed by atoms with Crippen molar-refractivity contribution in [3.8, 4) is 0 Å². The van der Waals surface area contributed by atoms with Crippen LogP contribution in [0.2, 0.25) is 10.0 Å². The van der Waals surface area contributed by atoms with Gasteiger partial charge in [-0.05, 0) is 50.3 Å². The van der Waals surface area contributed by atoms with E-state index in [1.165, 1.54) is 0 Å². The number of sulfonamides is 1. The van der Waals surface area contributed by atoms with Crippen LogP contribution in [-0.4, -0.2) is 26.7 Å². The molecule has 0 heterocycles. The Balaban J connectivity index is 2.93. The Labute approximate surface area is 130 Å². The van der Waals surface area contributed by atoms with Crippen molar-refractivity contribution in [1.82, 2.24) is 4.72 Å². The number of aliphatic hydroxyl groups excluding tert-OH is 1. The van der Waals surface area contributed by atoms with Gasteiger partial charge in [0.25, 0.3) is 0 Å². The van der Waals surface area contributed by atoms with Crippen LogP contribution < -0.4 is 4.72 Å². The summed E-state index contributed by atoms with van der Waals surface area (Å²) in [6, 6.07) is 1.65. The van der Waals surface area contributed by atoms with E-state index in [1.807, 2.05) is 0 Å². The lowest BCUT2D eigenvalue weighted by Gasteiger charge is -2.14. The van der Waals surface area contributed by atoms with Crippen LogP contribution in [0.4, 0.5) is 0 Å². The van der Waals surface area contributed by atoms with E-state index in [0.717, 1.165) is 6.42 Å². The van der Waals surface area contributed by atoms with Crippen LogP contribution in [0.1, 0.15) is 30.4 Å². The largest absolute Gasteiger partial charge is 0.396 e. The molecule has 0 aromatic heterocycles. The number of hydrogen-bond donors (Lipinski definition) is 2. The van der Waals surface area contributed by atoms with Crippen molar-refractivity contribution in [3.05, 3.63) is 27.2 Å². The fourth-order valence-electron chi connectivity index (χ4n) is 1.83. The molecule has 0 spiro atoms. The first-order chi connectivity index (χ1) is 9.31. The van der Waals surface area contributed by atoms with Crippen molar-refractivity contribution < 1.29 is 13.5 Å². The first kappa shape index (κ1) is 17.7. The molecule has 0 fully saturated rings. The average Bonchev–Trinajstić information content (AvgIpc) is 2.36. The SMILES string of the molecule is Cc1cc(Cl)c(C)c(S(=O)(=O)NCCCCCO)c1Cl. The van der Waals surface area contributed by atoms with E-state index in [9.17, 15) is 8.42 Å². The molecule has 114 valence electrons. The van der Waals surface area contributed by atoms with E-state index in [0.29, 0.717) is 35.5 Å². The standard InChI is InChI=1S/C13H19Cl2NO3S/c1-9-8-11(14)10(2)13(12(9)15)20(18,19)16-6-4-3-5-7-17/h8,16-17H,3-7H2,1-2H3. The zero-order chi connectivity index (χ0) is 15.3. The molecule has 0 saturated heterocycles. The van der Waals surface area contributed by atoms with Gasteiger partial charge in [-0.2, -0.15) is 0 Å². The summed E-state index contributed by atoms with van der Waals surface area (Å²) in [5, 5.41) is 9.25. The third-order valence-corrected chi connectivity index (χ3v) is 5.61. The molecular weight excluding hydrogens is 321 g/mol. The number of hydrogen-bond acceptors (Lipinski definition) is 3. The van der Waals surface area contributed by atoms with Gasteiger partial charge in [0.15, 0.2) is 0 Å². The molecule has 0 aliphatic heterocycles. The fraction of sp³-hybridized carbons (Fsp3) is 0.538. The van der Waals surface area contributed by atoms with Gasteiger partial charge in [0.05, 0.1) is 5.02 Å². The summed E-state index contributed by atoms with van der Waals surface area (Å²) in [4.78, 5) is 0.0475. The molecule has 4 nitrogen and oxygen atoms in total. The van der Waals surface area contributed by atoms with Crippen LogP contribution in [0.25, 0.3) is 0 Å². The number of aryl methyl sites for hydroxylation is 1. The second-order valence-corrected chi connectivity index (χ2v) is 7.11. The van der Waals surface area contributed by atoms with Gasteiger partial charge < -0.3 is 5.11 Å². The molecule has 0 atom stereocenters. The average molecular weight is 340 g/mol. The van der Waals surface area contributed by atoms with E-state index in [1.54, 1.807) is 19.9 Å². The van der Waals surface area contributed by atoms with Crippen LogP contribution >= 0.6 is 23.2 Å². The van der Waals surface area contributed by atoms with Gasteiger partial charge >= 0.3 is 0 Å². The summed E-state index contributed by atoms with van der Waals surface area (Å²) in [7, 11) is -3.68. The van der Waals surface area contributed by atoms with Gasteiger partial charge in [-0.25, -0.2) is 13.1 Å². The molecule has 0 radical (unpaired) electrons. The number of rotatable bonds is 7. The second kappa shape index (κ2) is 7.61. The number of unbranched alkanes of at least 4 members (excludes halogenated alkanes) is 2. The maximum atomic E-state index is 12.3. The molecule has 0 aliphatic rings. The van der Waals surface area contributed by atoms with Crippen molar-refractivity contribution in [2.45, 2.75) is 38.0 Å². The normalized spacial score (nSPS) is 11.8. The minimum Gasteiger partial charge on any atom is -0.396 e. The van der Waals surface area contributed by atoms with Crippen LogP contribution in [-0.2, 0) is 10.0 Å². The smallest absolute Gasteiger partial charge is 0.242 e. The topological polar surface area (TPSA) is 66.4 Å². The number of halogens is 2. The summed E-state index contributed by atoms with van der Waals surface area (Å²) in [6.45, 7) is 3.77. The molecular formula is C13H19Cl2NO3S. The maximum Gasteiger partial charge on any atom is 0.242 e. The first-order valence-electron chi connectivity index (χ1n) is 6.37. The molecule has 1 aromatic rings. The second-order valence-electron chi connectivity index (χ2n) is 4.63. The van der Waals surface area contributed by atoms with E-state index in [-0.39, 0.29) is 16.5 Å². The van der Waals surface area contributed by atoms with Crippen molar-refractivity contribution in [2.24, 2.45) is 0 Å². The Hall–Kier alpha value is -0.330. The van der Waals surface area contributed by atoms with Crippen molar-refractivity contribution in [3.63, 3.8) is 0 Å². The minimum absolute atomic E-state index is 0.0475. The van der Waals surface area contributed by atoms with Gasteiger partial charge in [-0.3, -0.25) is 0 Å². The Bertz CT molecular complexity index is 547. The molecule has 7 heteroatoms.